The van der Waals surface area contributed by atoms with Gasteiger partial charge in [-0.05, 0) is 17.5 Å². The lowest BCUT2D eigenvalue weighted by molar-refractivity contribution is -0.170. The van der Waals surface area contributed by atoms with E-state index in [4.69, 9.17) is 4.74 Å². The number of carbonyl (C=O) groups is 2. The monoisotopic (exact) mass is 295 g/mol. The molecule has 1 heterocycles. The van der Waals surface area contributed by atoms with Crippen LogP contribution in [0.2, 0.25) is 0 Å². The fraction of sp³-hybridized carbons (Fsp3) is 0.222. The molecule has 4 heteroatoms. The number of carbonyl (C=O) groups excluding carboxylic acids is 2. The van der Waals surface area contributed by atoms with E-state index in [9.17, 15) is 9.59 Å². The van der Waals surface area contributed by atoms with Crippen LogP contribution in [-0.2, 0) is 27.3 Å². The van der Waals surface area contributed by atoms with Crippen LogP contribution in [0.25, 0.3) is 0 Å². The van der Waals surface area contributed by atoms with Crippen molar-refractivity contribution in [2.45, 2.75) is 19.0 Å². The summed E-state index contributed by atoms with van der Waals surface area (Å²) < 4.78 is 5.01. The number of morpholine rings is 1. The van der Waals surface area contributed by atoms with Gasteiger partial charge in [-0.25, -0.2) is 4.79 Å². The fourth-order valence-corrected chi connectivity index (χ4v) is 2.64. The largest absolute Gasteiger partial charge is 0.456 e. The van der Waals surface area contributed by atoms with Gasteiger partial charge in [-0.15, -0.1) is 0 Å². The average molecular weight is 295 g/mol. The van der Waals surface area contributed by atoms with E-state index in [0.717, 1.165) is 11.1 Å². The molecule has 22 heavy (non-hydrogen) atoms. The average Bonchev–Trinajstić information content (AvgIpc) is 2.56. The predicted molar refractivity (Wildman–Crippen MR) is 81.9 cm³/mol. The van der Waals surface area contributed by atoms with Crippen LogP contribution >= 0.6 is 0 Å². The van der Waals surface area contributed by atoms with Crippen molar-refractivity contribution >= 4 is 11.9 Å². The highest BCUT2D eigenvalue weighted by Gasteiger charge is 2.35. The van der Waals surface area contributed by atoms with Gasteiger partial charge in [0.15, 0.2) is 0 Å². The maximum Gasteiger partial charge on any atom is 0.397 e. The van der Waals surface area contributed by atoms with Gasteiger partial charge in [0.25, 0.3) is 0 Å². The van der Waals surface area contributed by atoms with Gasteiger partial charge in [0.1, 0.15) is 6.61 Å². The minimum Gasteiger partial charge on any atom is -0.456 e. The van der Waals surface area contributed by atoms with Gasteiger partial charge in [0.05, 0.1) is 6.04 Å². The summed E-state index contributed by atoms with van der Waals surface area (Å²) in [4.78, 5) is 25.4. The Balaban J connectivity index is 1.80. The van der Waals surface area contributed by atoms with E-state index in [-0.39, 0.29) is 12.6 Å². The van der Waals surface area contributed by atoms with E-state index < -0.39 is 11.9 Å². The highest BCUT2D eigenvalue weighted by atomic mass is 16.5. The Kier molecular flexibility index (Phi) is 4.19. The molecule has 1 unspecified atom stereocenters. The topological polar surface area (TPSA) is 46.6 Å². The van der Waals surface area contributed by atoms with Gasteiger partial charge in [0.2, 0.25) is 0 Å². The number of nitrogens with zero attached hydrogens (tertiary/aromatic N) is 1. The number of benzene rings is 2. The number of ether oxygens (including phenoxy) is 1. The van der Waals surface area contributed by atoms with Crippen molar-refractivity contribution in [1.82, 2.24) is 4.90 Å². The van der Waals surface area contributed by atoms with Crippen LogP contribution in [0.1, 0.15) is 11.1 Å². The van der Waals surface area contributed by atoms with E-state index in [0.29, 0.717) is 13.0 Å². The summed E-state index contributed by atoms with van der Waals surface area (Å²) in [5.74, 6) is -1.32. The molecule has 0 spiro atoms. The van der Waals surface area contributed by atoms with Crippen LogP contribution in [0.5, 0.6) is 0 Å². The molecule has 0 saturated carbocycles. The zero-order valence-corrected chi connectivity index (χ0v) is 12.1. The summed E-state index contributed by atoms with van der Waals surface area (Å²) >= 11 is 0. The molecule has 1 aliphatic heterocycles. The quantitative estimate of drug-likeness (QED) is 0.641. The van der Waals surface area contributed by atoms with Crippen molar-refractivity contribution in [2.24, 2.45) is 0 Å². The molecule has 1 saturated heterocycles. The zero-order chi connectivity index (χ0) is 15.4. The molecule has 0 radical (unpaired) electrons. The molecule has 112 valence electrons. The summed E-state index contributed by atoms with van der Waals surface area (Å²) in [7, 11) is 0. The van der Waals surface area contributed by atoms with Crippen molar-refractivity contribution < 1.29 is 14.3 Å². The third-order valence-electron chi connectivity index (χ3n) is 3.79. The molecule has 2 aromatic rings. The summed E-state index contributed by atoms with van der Waals surface area (Å²) in [6.45, 7) is 0.665. The number of hydrogen-bond donors (Lipinski definition) is 0. The summed E-state index contributed by atoms with van der Waals surface area (Å²) in [5, 5.41) is 0. The predicted octanol–water partition coefficient (Wildman–Crippen LogP) is 2.18. The van der Waals surface area contributed by atoms with Crippen LogP contribution in [-0.4, -0.2) is 29.4 Å². The van der Waals surface area contributed by atoms with E-state index in [1.54, 1.807) is 4.90 Å². The number of cyclic esters (lactones) is 1. The third kappa shape index (κ3) is 3.17. The number of rotatable bonds is 4. The first-order valence-corrected chi connectivity index (χ1v) is 7.29. The smallest absolute Gasteiger partial charge is 0.397 e. The fourth-order valence-electron chi connectivity index (χ4n) is 2.64. The van der Waals surface area contributed by atoms with Crippen molar-refractivity contribution in [1.29, 1.82) is 0 Å². The molecule has 1 atom stereocenters. The normalized spacial score (nSPS) is 18.2. The molecule has 2 aromatic carbocycles. The Hall–Kier alpha value is -2.62. The zero-order valence-electron chi connectivity index (χ0n) is 12.1. The molecular formula is C18H17NO3. The van der Waals surface area contributed by atoms with Gasteiger partial charge in [-0.2, -0.15) is 0 Å². The SMILES string of the molecule is O=C1OCC(Cc2ccccc2)N(Cc2ccccc2)C1=O. The highest BCUT2D eigenvalue weighted by Crippen LogP contribution is 2.18. The molecule has 1 aliphatic rings. The lowest BCUT2D eigenvalue weighted by Gasteiger charge is -2.34. The van der Waals surface area contributed by atoms with Crippen LogP contribution < -0.4 is 0 Å². The molecule has 1 fully saturated rings. The molecule has 0 bridgehead atoms. The second kappa shape index (κ2) is 6.43. The van der Waals surface area contributed by atoms with E-state index >= 15 is 0 Å². The first-order valence-electron chi connectivity index (χ1n) is 7.29. The van der Waals surface area contributed by atoms with E-state index in [1.165, 1.54) is 0 Å². The Morgan fingerprint density at radius 3 is 2.14 bits per heavy atom. The molecule has 0 N–H and O–H groups in total. The minimum absolute atomic E-state index is 0.132. The minimum atomic E-state index is -0.764. The first kappa shape index (κ1) is 14.3. The van der Waals surface area contributed by atoms with Crippen molar-refractivity contribution in [3.05, 3.63) is 71.8 Å². The lowest BCUT2D eigenvalue weighted by atomic mass is 10.0. The van der Waals surface area contributed by atoms with Gasteiger partial charge < -0.3 is 9.64 Å². The number of hydrogen-bond acceptors (Lipinski definition) is 3. The second-order valence-corrected chi connectivity index (χ2v) is 5.36. The number of esters is 1. The van der Waals surface area contributed by atoms with Gasteiger partial charge in [-0.3, -0.25) is 4.79 Å². The first-order chi connectivity index (χ1) is 10.7. The second-order valence-electron chi connectivity index (χ2n) is 5.36. The Morgan fingerprint density at radius 2 is 1.50 bits per heavy atom. The van der Waals surface area contributed by atoms with Crippen molar-refractivity contribution in [3.63, 3.8) is 0 Å². The standard InChI is InChI=1S/C18H17NO3/c20-17-18(21)22-13-16(11-14-7-3-1-4-8-14)19(17)12-15-9-5-2-6-10-15/h1-10,16H,11-13H2. The van der Waals surface area contributed by atoms with Gasteiger partial charge in [0, 0.05) is 6.54 Å². The van der Waals surface area contributed by atoms with E-state index in [1.807, 2.05) is 60.7 Å². The van der Waals surface area contributed by atoms with Crippen LogP contribution in [0.3, 0.4) is 0 Å². The molecule has 0 aromatic heterocycles. The number of amides is 1. The molecule has 4 nitrogen and oxygen atoms in total. The summed E-state index contributed by atoms with van der Waals surface area (Å²) in [6, 6.07) is 19.5. The van der Waals surface area contributed by atoms with Crippen molar-refractivity contribution in [3.8, 4) is 0 Å². The molecular weight excluding hydrogens is 278 g/mol. The Labute approximate surface area is 129 Å². The molecule has 3 rings (SSSR count). The Morgan fingerprint density at radius 1 is 0.909 bits per heavy atom. The third-order valence-corrected chi connectivity index (χ3v) is 3.79. The van der Waals surface area contributed by atoms with Crippen molar-refractivity contribution in [2.75, 3.05) is 6.61 Å². The maximum absolute atomic E-state index is 12.2. The molecule has 0 aliphatic carbocycles. The van der Waals surface area contributed by atoms with Crippen LogP contribution in [0.15, 0.2) is 60.7 Å². The summed E-state index contributed by atoms with van der Waals surface area (Å²) in [6.07, 6.45) is 0.673. The Bertz CT molecular complexity index is 655. The highest BCUT2D eigenvalue weighted by molar-refractivity contribution is 6.32. The summed E-state index contributed by atoms with van der Waals surface area (Å²) in [5.41, 5.74) is 2.12. The van der Waals surface area contributed by atoms with Crippen LogP contribution in [0, 0.1) is 0 Å². The van der Waals surface area contributed by atoms with E-state index in [2.05, 4.69) is 0 Å². The van der Waals surface area contributed by atoms with Crippen LogP contribution in [0.4, 0.5) is 0 Å². The lowest BCUT2D eigenvalue weighted by Crippen LogP contribution is -2.52. The molecule has 1 amide bonds. The maximum atomic E-state index is 12.2. The van der Waals surface area contributed by atoms with Gasteiger partial charge in [-0.1, -0.05) is 60.7 Å². The van der Waals surface area contributed by atoms with Gasteiger partial charge >= 0.3 is 11.9 Å².